The zero-order valence-corrected chi connectivity index (χ0v) is 10.3. The number of anilines is 1. The second-order valence-corrected chi connectivity index (χ2v) is 4.24. The summed E-state index contributed by atoms with van der Waals surface area (Å²) in [6.45, 7) is 2.92. The first kappa shape index (κ1) is 12.3. The molecule has 1 unspecified atom stereocenters. The van der Waals surface area contributed by atoms with Gasteiger partial charge < -0.3 is 10.1 Å². The van der Waals surface area contributed by atoms with Gasteiger partial charge in [-0.15, -0.1) is 11.8 Å². The monoisotopic (exact) mass is 226 g/mol. The average molecular weight is 226 g/mol. The molecule has 0 saturated carbocycles. The lowest BCUT2D eigenvalue weighted by atomic mass is 10.2. The predicted molar refractivity (Wildman–Crippen MR) is 65.6 cm³/mol. The van der Waals surface area contributed by atoms with Crippen LogP contribution >= 0.6 is 11.8 Å². The van der Waals surface area contributed by atoms with E-state index in [2.05, 4.69) is 23.3 Å². The van der Waals surface area contributed by atoms with Crippen LogP contribution in [0.4, 0.5) is 5.69 Å². The topological polar surface area (TPSA) is 34.1 Å². The van der Waals surface area contributed by atoms with Crippen molar-refractivity contribution in [1.29, 1.82) is 0 Å². The second kappa shape index (κ2) is 6.69. The molecule has 3 nitrogen and oxygen atoms in total. The van der Waals surface area contributed by atoms with Crippen LogP contribution in [-0.2, 0) is 4.74 Å². The molecule has 1 atom stereocenters. The molecular weight excluding hydrogens is 208 g/mol. The number of hydrogen-bond acceptors (Lipinski definition) is 4. The van der Waals surface area contributed by atoms with E-state index in [4.69, 9.17) is 4.74 Å². The van der Waals surface area contributed by atoms with E-state index in [0.29, 0.717) is 6.04 Å². The fraction of sp³-hybridized carbons (Fsp3) is 0.545. The Hall–Kier alpha value is -0.740. The molecule has 1 aromatic rings. The van der Waals surface area contributed by atoms with Crippen LogP contribution in [0.25, 0.3) is 0 Å². The predicted octanol–water partition coefficient (Wildman–Crippen LogP) is 2.64. The van der Waals surface area contributed by atoms with E-state index in [9.17, 15) is 0 Å². The number of nitrogens with one attached hydrogen (secondary N) is 1. The minimum absolute atomic E-state index is 0.409. The average Bonchev–Trinajstić information content (AvgIpc) is 2.27. The number of rotatable bonds is 6. The third kappa shape index (κ3) is 4.53. The maximum Gasteiger partial charge on any atom is 0.0958 e. The molecule has 1 rings (SSSR count). The number of methoxy groups -OCH3 is 1. The van der Waals surface area contributed by atoms with Crippen LogP contribution in [0.2, 0.25) is 0 Å². The highest BCUT2D eigenvalue weighted by Gasteiger charge is 2.01. The SMILES string of the molecule is COCCC(C)Nc1ccc(SC)nc1. The zero-order chi connectivity index (χ0) is 11.1. The molecular formula is C11H18N2OS. The largest absolute Gasteiger partial charge is 0.385 e. The van der Waals surface area contributed by atoms with Crippen molar-refractivity contribution in [1.82, 2.24) is 4.98 Å². The van der Waals surface area contributed by atoms with Gasteiger partial charge in [0.2, 0.25) is 0 Å². The molecule has 0 bridgehead atoms. The molecule has 0 radical (unpaired) electrons. The zero-order valence-electron chi connectivity index (χ0n) is 9.49. The van der Waals surface area contributed by atoms with Crippen molar-refractivity contribution in [2.45, 2.75) is 24.4 Å². The first-order valence-corrected chi connectivity index (χ1v) is 6.24. The molecule has 0 fully saturated rings. The van der Waals surface area contributed by atoms with Gasteiger partial charge in [0, 0.05) is 19.8 Å². The van der Waals surface area contributed by atoms with Crippen molar-refractivity contribution in [3.05, 3.63) is 18.3 Å². The van der Waals surface area contributed by atoms with Crippen molar-refractivity contribution in [3.8, 4) is 0 Å². The molecule has 1 N–H and O–H groups in total. The standard InChI is InChI=1S/C11H18N2OS/c1-9(6-7-14-2)13-10-4-5-11(15-3)12-8-10/h4-5,8-9,13H,6-7H2,1-3H3. The van der Waals surface area contributed by atoms with Crippen LogP contribution < -0.4 is 5.32 Å². The molecule has 4 heteroatoms. The number of nitrogens with zero attached hydrogens (tertiary/aromatic N) is 1. The highest BCUT2D eigenvalue weighted by molar-refractivity contribution is 7.98. The van der Waals surface area contributed by atoms with E-state index >= 15 is 0 Å². The molecule has 15 heavy (non-hydrogen) atoms. The molecule has 0 spiro atoms. The number of aromatic nitrogens is 1. The van der Waals surface area contributed by atoms with Crippen molar-refractivity contribution < 1.29 is 4.74 Å². The Balaban J connectivity index is 2.42. The Morgan fingerprint density at radius 2 is 2.33 bits per heavy atom. The first-order chi connectivity index (χ1) is 7.26. The van der Waals surface area contributed by atoms with Crippen molar-refractivity contribution in [3.63, 3.8) is 0 Å². The van der Waals surface area contributed by atoms with E-state index in [1.165, 1.54) is 0 Å². The van der Waals surface area contributed by atoms with Gasteiger partial charge in [-0.2, -0.15) is 0 Å². The lowest BCUT2D eigenvalue weighted by molar-refractivity contribution is 0.191. The fourth-order valence-electron chi connectivity index (χ4n) is 1.24. The minimum atomic E-state index is 0.409. The molecule has 1 heterocycles. The van der Waals surface area contributed by atoms with Gasteiger partial charge in [0.1, 0.15) is 0 Å². The van der Waals surface area contributed by atoms with Crippen LogP contribution in [0.15, 0.2) is 23.4 Å². The van der Waals surface area contributed by atoms with Crippen LogP contribution in [-0.4, -0.2) is 31.0 Å². The Bertz CT molecular complexity index is 276. The number of thioether (sulfide) groups is 1. The van der Waals surface area contributed by atoms with E-state index in [-0.39, 0.29) is 0 Å². The van der Waals surface area contributed by atoms with Gasteiger partial charge in [-0.3, -0.25) is 0 Å². The van der Waals surface area contributed by atoms with Crippen LogP contribution in [0.5, 0.6) is 0 Å². The molecule has 0 amide bonds. The van der Waals surface area contributed by atoms with Gasteiger partial charge in [-0.05, 0) is 31.7 Å². The lowest BCUT2D eigenvalue weighted by Gasteiger charge is -2.14. The minimum Gasteiger partial charge on any atom is -0.385 e. The highest BCUT2D eigenvalue weighted by Crippen LogP contribution is 2.14. The van der Waals surface area contributed by atoms with E-state index in [1.54, 1.807) is 18.9 Å². The van der Waals surface area contributed by atoms with E-state index < -0.39 is 0 Å². The van der Waals surface area contributed by atoms with Crippen LogP contribution in [0.3, 0.4) is 0 Å². The quantitative estimate of drug-likeness (QED) is 0.756. The number of hydrogen-bond donors (Lipinski definition) is 1. The maximum absolute atomic E-state index is 5.03. The van der Waals surface area contributed by atoms with Gasteiger partial charge in [-0.1, -0.05) is 0 Å². The van der Waals surface area contributed by atoms with E-state index in [1.807, 2.05) is 18.5 Å². The second-order valence-electron chi connectivity index (χ2n) is 3.42. The molecule has 0 aliphatic heterocycles. The smallest absolute Gasteiger partial charge is 0.0958 e. The molecule has 1 aromatic heterocycles. The van der Waals surface area contributed by atoms with Gasteiger partial charge in [-0.25, -0.2) is 4.98 Å². The summed E-state index contributed by atoms with van der Waals surface area (Å²) in [6.07, 6.45) is 4.90. The molecule has 0 aliphatic rings. The third-order valence-electron chi connectivity index (χ3n) is 2.11. The van der Waals surface area contributed by atoms with Gasteiger partial charge in [0.05, 0.1) is 16.9 Å². The van der Waals surface area contributed by atoms with Crippen LogP contribution in [0, 0.1) is 0 Å². The molecule has 84 valence electrons. The summed E-state index contributed by atoms with van der Waals surface area (Å²) in [7, 11) is 1.72. The summed E-state index contributed by atoms with van der Waals surface area (Å²) in [5, 5.41) is 4.42. The molecule has 0 saturated heterocycles. The third-order valence-corrected chi connectivity index (χ3v) is 2.77. The summed E-state index contributed by atoms with van der Waals surface area (Å²) in [5.41, 5.74) is 1.07. The summed E-state index contributed by atoms with van der Waals surface area (Å²) >= 11 is 1.65. The number of pyridine rings is 1. The van der Waals surface area contributed by atoms with Gasteiger partial charge in [0.15, 0.2) is 0 Å². The Morgan fingerprint density at radius 1 is 1.53 bits per heavy atom. The van der Waals surface area contributed by atoms with E-state index in [0.717, 1.165) is 23.7 Å². The normalized spacial score (nSPS) is 12.5. The lowest BCUT2D eigenvalue weighted by Crippen LogP contribution is -2.17. The van der Waals surface area contributed by atoms with Crippen molar-refractivity contribution >= 4 is 17.4 Å². The summed E-state index contributed by atoms with van der Waals surface area (Å²) < 4.78 is 5.03. The Morgan fingerprint density at radius 3 is 2.87 bits per heavy atom. The van der Waals surface area contributed by atoms with Gasteiger partial charge in [0.25, 0.3) is 0 Å². The first-order valence-electron chi connectivity index (χ1n) is 5.01. The summed E-state index contributed by atoms with van der Waals surface area (Å²) in [5.74, 6) is 0. The Labute approximate surface area is 95.6 Å². The summed E-state index contributed by atoms with van der Waals surface area (Å²) in [4.78, 5) is 4.30. The van der Waals surface area contributed by atoms with Crippen molar-refractivity contribution in [2.75, 3.05) is 25.3 Å². The highest BCUT2D eigenvalue weighted by atomic mass is 32.2. The summed E-state index contributed by atoms with van der Waals surface area (Å²) in [6, 6.07) is 4.49. The fourth-order valence-corrected chi connectivity index (χ4v) is 1.60. The van der Waals surface area contributed by atoms with Crippen molar-refractivity contribution in [2.24, 2.45) is 0 Å². The molecule has 0 aliphatic carbocycles. The Kier molecular flexibility index (Phi) is 5.50. The maximum atomic E-state index is 5.03. The molecule has 0 aromatic carbocycles. The van der Waals surface area contributed by atoms with Gasteiger partial charge >= 0.3 is 0 Å². The number of ether oxygens (including phenoxy) is 1. The van der Waals surface area contributed by atoms with Crippen LogP contribution in [0.1, 0.15) is 13.3 Å².